The largest absolute Gasteiger partial charge is 0.381 e. The van der Waals surface area contributed by atoms with E-state index in [1.807, 2.05) is 6.08 Å². The zero-order chi connectivity index (χ0) is 16.5. The number of aromatic amines is 1. The van der Waals surface area contributed by atoms with Crippen LogP contribution in [0.15, 0.2) is 36.5 Å². The molecule has 0 radical (unpaired) electrons. The third-order valence-electron chi connectivity index (χ3n) is 4.66. The highest BCUT2D eigenvalue weighted by Gasteiger charge is 2.29. The number of aromatic nitrogens is 2. The molecule has 5 nitrogen and oxygen atoms in total. The van der Waals surface area contributed by atoms with E-state index in [1.54, 1.807) is 29.3 Å². The van der Waals surface area contributed by atoms with Crippen LogP contribution in [0.4, 0.5) is 4.39 Å². The van der Waals surface area contributed by atoms with E-state index in [4.69, 9.17) is 4.74 Å². The molecule has 1 atom stereocenters. The van der Waals surface area contributed by atoms with Crippen LogP contribution < -0.4 is 0 Å². The van der Waals surface area contributed by atoms with Gasteiger partial charge in [0.1, 0.15) is 5.82 Å². The number of amides is 1. The van der Waals surface area contributed by atoms with Crippen molar-refractivity contribution in [3.63, 3.8) is 0 Å². The van der Waals surface area contributed by atoms with Crippen LogP contribution in [0.25, 0.3) is 5.57 Å². The maximum atomic E-state index is 13.9. The van der Waals surface area contributed by atoms with Crippen molar-refractivity contribution in [3.05, 3.63) is 59.2 Å². The third kappa shape index (κ3) is 2.63. The maximum absolute atomic E-state index is 13.9. The second kappa shape index (κ2) is 6.20. The van der Waals surface area contributed by atoms with Crippen molar-refractivity contribution in [1.29, 1.82) is 0 Å². The van der Waals surface area contributed by atoms with Gasteiger partial charge < -0.3 is 9.64 Å². The summed E-state index contributed by atoms with van der Waals surface area (Å²) in [5, 5.41) is 7.00. The smallest absolute Gasteiger partial charge is 0.257 e. The van der Waals surface area contributed by atoms with Crippen molar-refractivity contribution in [2.75, 3.05) is 26.3 Å². The second-order valence-corrected chi connectivity index (χ2v) is 6.15. The Bertz CT molecular complexity index is 793. The fourth-order valence-corrected chi connectivity index (χ4v) is 3.34. The van der Waals surface area contributed by atoms with Crippen molar-refractivity contribution in [2.45, 2.75) is 12.3 Å². The molecule has 124 valence electrons. The normalized spacial score (nSPS) is 20.5. The van der Waals surface area contributed by atoms with E-state index in [0.29, 0.717) is 37.4 Å². The molecule has 1 saturated heterocycles. The Kier molecular flexibility index (Phi) is 3.90. The van der Waals surface area contributed by atoms with Crippen molar-refractivity contribution in [1.82, 2.24) is 15.1 Å². The fourth-order valence-electron chi connectivity index (χ4n) is 3.34. The Hall–Kier alpha value is -2.47. The number of benzene rings is 1. The van der Waals surface area contributed by atoms with E-state index in [1.165, 1.54) is 6.07 Å². The number of rotatable bonds is 3. The van der Waals surface area contributed by atoms with Gasteiger partial charge in [-0.2, -0.15) is 5.10 Å². The highest BCUT2D eigenvalue weighted by molar-refractivity contribution is 5.97. The molecule has 2 aromatic rings. The average Bonchev–Trinajstić information content (AvgIpc) is 3.34. The second-order valence-electron chi connectivity index (χ2n) is 6.15. The molecular formula is C18H18FN3O2. The van der Waals surface area contributed by atoms with Gasteiger partial charge in [0.25, 0.3) is 5.91 Å². The van der Waals surface area contributed by atoms with Crippen LogP contribution in [0.5, 0.6) is 0 Å². The van der Waals surface area contributed by atoms with Gasteiger partial charge in [0.05, 0.1) is 24.1 Å². The summed E-state index contributed by atoms with van der Waals surface area (Å²) < 4.78 is 19.3. The molecule has 1 N–H and O–H groups in total. The van der Waals surface area contributed by atoms with Gasteiger partial charge in [-0.1, -0.05) is 24.3 Å². The molecule has 0 saturated carbocycles. The number of carbonyl (C=O) groups excluding carboxylic acids is 1. The van der Waals surface area contributed by atoms with Crippen molar-refractivity contribution in [2.24, 2.45) is 0 Å². The lowest BCUT2D eigenvalue weighted by molar-refractivity contribution is 0.0800. The molecule has 0 bridgehead atoms. The molecule has 1 amide bonds. The standard InChI is InChI=1S/C18H18FN3O2/c19-16-4-2-1-3-14(16)12-5-7-22(10-12)18(23)15-9-20-21-17(15)13-6-8-24-11-13/h1-5,9,13H,6-8,10-11H2,(H,20,21). The van der Waals surface area contributed by atoms with E-state index >= 15 is 0 Å². The fraction of sp³-hybridized carbons (Fsp3) is 0.333. The Morgan fingerprint density at radius 1 is 1.38 bits per heavy atom. The Morgan fingerprint density at radius 2 is 2.25 bits per heavy atom. The molecule has 1 fully saturated rings. The lowest BCUT2D eigenvalue weighted by Gasteiger charge is -2.17. The van der Waals surface area contributed by atoms with Crippen LogP contribution in [0.2, 0.25) is 0 Å². The van der Waals surface area contributed by atoms with Crippen LogP contribution in [0.1, 0.15) is 34.0 Å². The predicted molar refractivity (Wildman–Crippen MR) is 87.0 cm³/mol. The van der Waals surface area contributed by atoms with E-state index in [9.17, 15) is 9.18 Å². The van der Waals surface area contributed by atoms with Crippen LogP contribution in [-0.4, -0.2) is 47.3 Å². The lowest BCUT2D eigenvalue weighted by atomic mass is 10.0. The summed E-state index contributed by atoms with van der Waals surface area (Å²) in [4.78, 5) is 14.6. The van der Waals surface area contributed by atoms with Gasteiger partial charge in [-0.3, -0.25) is 9.89 Å². The molecule has 0 spiro atoms. The first-order valence-electron chi connectivity index (χ1n) is 8.08. The summed E-state index contributed by atoms with van der Waals surface area (Å²) in [6, 6.07) is 6.65. The first kappa shape index (κ1) is 15.1. The Morgan fingerprint density at radius 3 is 3.04 bits per heavy atom. The van der Waals surface area contributed by atoms with Crippen molar-refractivity contribution in [3.8, 4) is 0 Å². The van der Waals surface area contributed by atoms with Gasteiger partial charge in [0.15, 0.2) is 0 Å². The summed E-state index contributed by atoms with van der Waals surface area (Å²) in [6.07, 6.45) is 4.38. The first-order valence-corrected chi connectivity index (χ1v) is 8.08. The van der Waals surface area contributed by atoms with Gasteiger partial charge in [0, 0.05) is 31.2 Å². The first-order chi connectivity index (χ1) is 11.7. The number of ether oxygens (including phenoxy) is 1. The molecular weight excluding hydrogens is 309 g/mol. The lowest BCUT2D eigenvalue weighted by Crippen LogP contribution is -2.29. The quantitative estimate of drug-likeness (QED) is 0.943. The van der Waals surface area contributed by atoms with E-state index < -0.39 is 0 Å². The minimum Gasteiger partial charge on any atom is -0.381 e. The van der Waals surface area contributed by atoms with Crippen LogP contribution in [0, 0.1) is 5.82 Å². The average molecular weight is 327 g/mol. The summed E-state index contributed by atoms with van der Waals surface area (Å²) >= 11 is 0. The van der Waals surface area contributed by atoms with E-state index in [2.05, 4.69) is 10.2 Å². The third-order valence-corrected chi connectivity index (χ3v) is 4.66. The van der Waals surface area contributed by atoms with Gasteiger partial charge in [0.2, 0.25) is 0 Å². The van der Waals surface area contributed by atoms with E-state index in [-0.39, 0.29) is 17.6 Å². The predicted octanol–water partition coefficient (Wildman–Crippen LogP) is 2.59. The Balaban J connectivity index is 1.52. The number of hydrogen-bond acceptors (Lipinski definition) is 3. The molecule has 4 rings (SSSR count). The molecule has 1 aromatic heterocycles. The molecule has 1 unspecified atom stereocenters. The molecule has 24 heavy (non-hydrogen) atoms. The van der Waals surface area contributed by atoms with Gasteiger partial charge in [-0.25, -0.2) is 4.39 Å². The number of halogens is 1. The maximum Gasteiger partial charge on any atom is 0.257 e. The number of H-pyrrole nitrogens is 1. The van der Waals surface area contributed by atoms with Crippen LogP contribution in [0.3, 0.4) is 0 Å². The molecule has 3 heterocycles. The summed E-state index contributed by atoms with van der Waals surface area (Å²) in [6.45, 7) is 2.21. The van der Waals surface area contributed by atoms with E-state index in [0.717, 1.165) is 17.7 Å². The van der Waals surface area contributed by atoms with Gasteiger partial charge >= 0.3 is 0 Å². The molecule has 0 aliphatic carbocycles. The zero-order valence-electron chi connectivity index (χ0n) is 13.2. The van der Waals surface area contributed by atoms with Gasteiger partial charge in [-0.15, -0.1) is 0 Å². The molecule has 2 aliphatic heterocycles. The minimum absolute atomic E-state index is 0.0757. The molecule has 2 aliphatic rings. The SMILES string of the molecule is O=C(c1cn[nH]c1C1CCOC1)N1CC=C(c2ccccc2F)C1. The zero-order valence-corrected chi connectivity index (χ0v) is 13.2. The Labute approximate surface area is 139 Å². The number of nitrogens with one attached hydrogen (secondary N) is 1. The number of nitrogens with zero attached hydrogens (tertiary/aromatic N) is 2. The van der Waals surface area contributed by atoms with Crippen LogP contribution in [-0.2, 0) is 4.74 Å². The minimum atomic E-state index is -0.259. The summed E-state index contributed by atoms with van der Waals surface area (Å²) in [5.41, 5.74) is 2.84. The monoisotopic (exact) mass is 327 g/mol. The summed E-state index contributed by atoms with van der Waals surface area (Å²) in [5.74, 6) is -0.147. The molecule has 6 heteroatoms. The van der Waals surface area contributed by atoms with Crippen molar-refractivity contribution < 1.29 is 13.9 Å². The highest BCUT2D eigenvalue weighted by atomic mass is 19.1. The van der Waals surface area contributed by atoms with Gasteiger partial charge in [-0.05, 0) is 18.1 Å². The number of carbonyl (C=O) groups is 1. The highest BCUT2D eigenvalue weighted by Crippen LogP contribution is 2.29. The number of hydrogen-bond donors (Lipinski definition) is 1. The molecule has 1 aromatic carbocycles. The van der Waals surface area contributed by atoms with Crippen LogP contribution >= 0.6 is 0 Å². The van der Waals surface area contributed by atoms with Crippen molar-refractivity contribution >= 4 is 11.5 Å². The summed E-state index contributed by atoms with van der Waals surface area (Å²) in [7, 11) is 0. The topological polar surface area (TPSA) is 58.2 Å².